The molecule has 0 atom stereocenters. The maximum absolute atomic E-state index is 10.4. The quantitative estimate of drug-likeness (QED) is 0.659. The van der Waals surface area contributed by atoms with Crippen LogP contribution in [0.4, 0.5) is 0 Å². The van der Waals surface area contributed by atoms with Gasteiger partial charge in [-0.25, -0.2) is 4.79 Å². The largest absolute Gasteiger partial charge is 1.00 e. The summed E-state index contributed by atoms with van der Waals surface area (Å²) in [5, 5.41) is 9.12. The number of hydrogen-bond donors (Lipinski definition) is 1. The first-order chi connectivity index (χ1) is 5.11. The second kappa shape index (κ2) is 5.10. The van der Waals surface area contributed by atoms with Gasteiger partial charge in [0.25, 0.3) is 0 Å². The fourth-order valence-corrected chi connectivity index (χ4v) is 1.15. The molecule has 0 aliphatic carbocycles. The SMILES string of the molecule is O=C(O)c1ccc(Cl)cc1Cl.[H-].[Na+]. The Hall–Kier alpha value is 0.270. The van der Waals surface area contributed by atoms with Crippen LogP contribution in [0.5, 0.6) is 0 Å². The second-order valence-corrected chi connectivity index (χ2v) is 2.77. The number of carbonyl (C=O) groups is 1. The van der Waals surface area contributed by atoms with Gasteiger partial charge in [-0.3, -0.25) is 0 Å². The average molecular weight is 215 g/mol. The molecular weight excluding hydrogens is 210 g/mol. The molecule has 0 heterocycles. The van der Waals surface area contributed by atoms with Gasteiger partial charge in [0, 0.05) is 5.02 Å². The van der Waals surface area contributed by atoms with Crippen molar-refractivity contribution < 1.29 is 40.9 Å². The van der Waals surface area contributed by atoms with Crippen LogP contribution < -0.4 is 29.6 Å². The number of halogens is 2. The van der Waals surface area contributed by atoms with Crippen LogP contribution >= 0.6 is 23.2 Å². The van der Waals surface area contributed by atoms with Crippen LogP contribution in [0.2, 0.25) is 10.0 Å². The van der Waals surface area contributed by atoms with Crippen LogP contribution in [-0.4, -0.2) is 11.1 Å². The molecule has 1 N–H and O–H groups in total. The molecule has 1 aromatic carbocycles. The van der Waals surface area contributed by atoms with Gasteiger partial charge in [-0.1, -0.05) is 23.2 Å². The van der Waals surface area contributed by atoms with E-state index in [9.17, 15) is 4.79 Å². The first-order valence-electron chi connectivity index (χ1n) is 2.79. The Morgan fingerprint density at radius 1 is 1.42 bits per heavy atom. The molecule has 0 spiro atoms. The van der Waals surface area contributed by atoms with Crippen molar-refractivity contribution in [2.45, 2.75) is 0 Å². The fourth-order valence-electron chi connectivity index (χ4n) is 0.663. The Bertz CT molecular complexity index is 307. The Morgan fingerprint density at radius 2 is 2.00 bits per heavy atom. The zero-order chi connectivity index (χ0) is 8.43. The maximum atomic E-state index is 10.4. The van der Waals surface area contributed by atoms with E-state index in [1.165, 1.54) is 18.2 Å². The number of aromatic carboxylic acids is 1. The molecule has 5 heteroatoms. The van der Waals surface area contributed by atoms with Gasteiger partial charge in [0.1, 0.15) is 0 Å². The molecule has 0 radical (unpaired) electrons. The monoisotopic (exact) mass is 214 g/mol. The molecule has 0 unspecified atom stereocenters. The molecule has 1 aromatic rings. The molecule has 2 nitrogen and oxygen atoms in total. The number of rotatable bonds is 1. The Morgan fingerprint density at radius 3 is 2.42 bits per heavy atom. The van der Waals surface area contributed by atoms with Gasteiger partial charge in [0.2, 0.25) is 0 Å². The third kappa shape index (κ3) is 2.96. The van der Waals surface area contributed by atoms with Gasteiger partial charge in [-0.05, 0) is 18.2 Å². The van der Waals surface area contributed by atoms with E-state index in [2.05, 4.69) is 0 Å². The molecule has 0 fully saturated rings. The van der Waals surface area contributed by atoms with Crippen LogP contribution in [-0.2, 0) is 0 Å². The van der Waals surface area contributed by atoms with Gasteiger partial charge in [0.15, 0.2) is 0 Å². The summed E-state index contributed by atoms with van der Waals surface area (Å²) in [6.45, 7) is 0. The Labute approximate surface area is 103 Å². The number of carboxylic acids is 1. The summed E-state index contributed by atoms with van der Waals surface area (Å²) in [6.07, 6.45) is 0. The molecule has 0 saturated heterocycles. The summed E-state index contributed by atoms with van der Waals surface area (Å²) in [6, 6.07) is 4.25. The van der Waals surface area contributed by atoms with Crippen molar-refractivity contribution in [1.29, 1.82) is 0 Å². The molecular formula is C7H5Cl2NaO2. The fraction of sp³-hybridized carbons (Fsp3) is 0. The van der Waals surface area contributed by atoms with E-state index < -0.39 is 5.97 Å². The zero-order valence-corrected chi connectivity index (χ0v) is 9.86. The van der Waals surface area contributed by atoms with E-state index in [-0.39, 0.29) is 41.6 Å². The normalized spacial score (nSPS) is 8.83. The number of benzene rings is 1. The van der Waals surface area contributed by atoms with Crippen molar-refractivity contribution in [2.75, 3.05) is 0 Å². The van der Waals surface area contributed by atoms with E-state index in [0.29, 0.717) is 5.02 Å². The molecule has 0 aliphatic rings. The minimum atomic E-state index is -1.05. The minimum Gasteiger partial charge on any atom is -1.00 e. The Kier molecular flexibility index (Phi) is 5.21. The summed E-state index contributed by atoms with van der Waals surface area (Å²) >= 11 is 11.1. The predicted molar refractivity (Wildman–Crippen MR) is 44.5 cm³/mol. The van der Waals surface area contributed by atoms with Crippen molar-refractivity contribution in [3.63, 3.8) is 0 Å². The van der Waals surface area contributed by atoms with Crippen LogP contribution in [0.3, 0.4) is 0 Å². The summed E-state index contributed by atoms with van der Waals surface area (Å²) in [5.41, 5.74) is 0.0658. The molecule has 12 heavy (non-hydrogen) atoms. The second-order valence-electron chi connectivity index (χ2n) is 1.93. The van der Waals surface area contributed by atoms with Gasteiger partial charge >= 0.3 is 35.5 Å². The molecule has 0 saturated carbocycles. The van der Waals surface area contributed by atoms with E-state index >= 15 is 0 Å². The van der Waals surface area contributed by atoms with Crippen molar-refractivity contribution in [1.82, 2.24) is 0 Å². The van der Waals surface area contributed by atoms with E-state index in [1.54, 1.807) is 0 Å². The van der Waals surface area contributed by atoms with Crippen LogP contribution in [0.1, 0.15) is 11.8 Å². The molecule has 0 amide bonds. The topological polar surface area (TPSA) is 37.3 Å². The van der Waals surface area contributed by atoms with Crippen molar-refractivity contribution in [3.8, 4) is 0 Å². The van der Waals surface area contributed by atoms with Crippen molar-refractivity contribution in [2.24, 2.45) is 0 Å². The van der Waals surface area contributed by atoms with Crippen LogP contribution in [0, 0.1) is 0 Å². The van der Waals surface area contributed by atoms with Gasteiger partial charge in [0.05, 0.1) is 10.6 Å². The van der Waals surface area contributed by atoms with E-state index in [0.717, 1.165) is 0 Å². The average Bonchev–Trinajstić information content (AvgIpc) is 1.85. The van der Waals surface area contributed by atoms with Gasteiger partial charge in [-0.2, -0.15) is 0 Å². The number of hydrogen-bond acceptors (Lipinski definition) is 1. The van der Waals surface area contributed by atoms with E-state index in [4.69, 9.17) is 28.3 Å². The molecule has 0 bridgehead atoms. The molecule has 60 valence electrons. The Balaban J connectivity index is 0. The maximum Gasteiger partial charge on any atom is 1.00 e. The van der Waals surface area contributed by atoms with E-state index in [1.807, 2.05) is 0 Å². The smallest absolute Gasteiger partial charge is 1.00 e. The summed E-state index contributed by atoms with van der Waals surface area (Å²) in [5.74, 6) is -1.05. The number of carboxylic acid groups (broad SMARTS) is 1. The van der Waals surface area contributed by atoms with Crippen molar-refractivity contribution in [3.05, 3.63) is 33.8 Å². The molecule has 0 aromatic heterocycles. The summed E-state index contributed by atoms with van der Waals surface area (Å²) in [7, 11) is 0. The first-order valence-corrected chi connectivity index (χ1v) is 3.55. The molecule has 0 aliphatic heterocycles. The molecule has 1 rings (SSSR count). The van der Waals surface area contributed by atoms with Gasteiger partial charge in [-0.15, -0.1) is 0 Å². The summed E-state index contributed by atoms with van der Waals surface area (Å²) < 4.78 is 0. The van der Waals surface area contributed by atoms with Crippen molar-refractivity contribution >= 4 is 29.2 Å². The van der Waals surface area contributed by atoms with Crippen LogP contribution in [0.15, 0.2) is 18.2 Å². The van der Waals surface area contributed by atoms with Gasteiger partial charge < -0.3 is 6.53 Å². The summed E-state index contributed by atoms with van der Waals surface area (Å²) in [4.78, 5) is 10.4. The zero-order valence-electron chi connectivity index (χ0n) is 7.34. The third-order valence-electron chi connectivity index (χ3n) is 1.16. The predicted octanol–water partition coefficient (Wildman–Crippen LogP) is -0.192. The first kappa shape index (κ1) is 12.3. The third-order valence-corrected chi connectivity index (χ3v) is 1.71. The van der Waals surface area contributed by atoms with Crippen LogP contribution in [0.25, 0.3) is 0 Å². The standard InChI is InChI=1S/C7H4Cl2O2.Na.H/c8-4-1-2-5(7(10)11)6(9)3-4;;/h1-3H,(H,10,11);;/q;+1;-1. The minimum absolute atomic E-state index is 0.